The molecule has 7 nitrogen and oxygen atoms in total. The van der Waals surface area contributed by atoms with Gasteiger partial charge in [-0.1, -0.05) is 20.3 Å². The standard InChI is InChI=1S/C17H29N3O4S/c1-7-13(6)16(17(21)22)19-15-9-8-14(10-18-15)25(23,24)20(11(2)3)12(4)5/h8-13,16H,7H2,1-6H3,(H,18,19)(H,21,22)/t13-,16-/m0/s1. The van der Waals surface area contributed by atoms with Crippen molar-refractivity contribution in [2.75, 3.05) is 5.32 Å². The predicted molar refractivity (Wildman–Crippen MR) is 98.0 cm³/mol. The highest BCUT2D eigenvalue weighted by atomic mass is 32.2. The van der Waals surface area contributed by atoms with E-state index in [9.17, 15) is 18.3 Å². The molecule has 25 heavy (non-hydrogen) atoms. The molecule has 1 aromatic rings. The zero-order chi connectivity index (χ0) is 19.4. The first-order valence-corrected chi connectivity index (χ1v) is 9.95. The van der Waals surface area contributed by atoms with Crippen LogP contribution in [0.2, 0.25) is 0 Å². The lowest BCUT2D eigenvalue weighted by Gasteiger charge is -2.29. The van der Waals surface area contributed by atoms with E-state index in [2.05, 4.69) is 10.3 Å². The third kappa shape index (κ3) is 5.15. The lowest BCUT2D eigenvalue weighted by Crippen LogP contribution is -2.42. The smallest absolute Gasteiger partial charge is 0.326 e. The number of hydrogen-bond donors (Lipinski definition) is 2. The van der Waals surface area contributed by atoms with E-state index in [0.717, 1.165) is 0 Å². The van der Waals surface area contributed by atoms with Crippen molar-refractivity contribution in [3.8, 4) is 0 Å². The molecular formula is C17H29N3O4S. The van der Waals surface area contributed by atoms with Crippen LogP contribution in [0.15, 0.2) is 23.2 Å². The zero-order valence-corrected chi connectivity index (χ0v) is 16.5. The Morgan fingerprint density at radius 1 is 1.20 bits per heavy atom. The molecule has 8 heteroatoms. The summed E-state index contributed by atoms with van der Waals surface area (Å²) in [4.78, 5) is 15.6. The summed E-state index contributed by atoms with van der Waals surface area (Å²) in [5.74, 6) is -0.703. The Hall–Kier alpha value is -1.67. The molecule has 2 atom stereocenters. The molecule has 0 spiro atoms. The van der Waals surface area contributed by atoms with Gasteiger partial charge in [-0.15, -0.1) is 0 Å². The molecule has 0 unspecified atom stereocenters. The fourth-order valence-electron chi connectivity index (χ4n) is 2.73. The molecule has 0 amide bonds. The predicted octanol–water partition coefficient (Wildman–Crippen LogP) is 2.80. The molecular weight excluding hydrogens is 342 g/mol. The van der Waals surface area contributed by atoms with Gasteiger partial charge in [0.15, 0.2) is 0 Å². The summed E-state index contributed by atoms with van der Waals surface area (Å²) < 4.78 is 27.0. The summed E-state index contributed by atoms with van der Waals surface area (Å²) >= 11 is 0. The van der Waals surface area contributed by atoms with Crippen LogP contribution in [0.1, 0.15) is 48.0 Å². The average Bonchev–Trinajstić information content (AvgIpc) is 2.50. The summed E-state index contributed by atoms with van der Waals surface area (Å²) in [5.41, 5.74) is 0. The van der Waals surface area contributed by atoms with Crippen LogP contribution in [0.5, 0.6) is 0 Å². The van der Waals surface area contributed by atoms with Gasteiger partial charge in [0.05, 0.1) is 0 Å². The van der Waals surface area contributed by atoms with Crippen molar-refractivity contribution in [1.82, 2.24) is 9.29 Å². The number of carboxylic acids is 1. The zero-order valence-electron chi connectivity index (χ0n) is 15.7. The number of anilines is 1. The van der Waals surface area contributed by atoms with Gasteiger partial charge < -0.3 is 10.4 Å². The second-order valence-corrected chi connectivity index (χ2v) is 8.59. The lowest BCUT2D eigenvalue weighted by atomic mass is 9.99. The maximum atomic E-state index is 12.8. The van der Waals surface area contributed by atoms with Crippen LogP contribution >= 0.6 is 0 Å². The van der Waals surface area contributed by atoms with Gasteiger partial charge in [0, 0.05) is 18.3 Å². The second kappa shape index (κ2) is 8.62. The van der Waals surface area contributed by atoms with Gasteiger partial charge in [0.1, 0.15) is 16.8 Å². The first kappa shape index (κ1) is 21.4. The molecule has 0 aliphatic heterocycles. The van der Waals surface area contributed by atoms with E-state index in [0.29, 0.717) is 12.2 Å². The number of carbonyl (C=O) groups is 1. The molecule has 0 fully saturated rings. The number of nitrogens with zero attached hydrogens (tertiary/aromatic N) is 2. The fraction of sp³-hybridized carbons (Fsp3) is 0.647. The number of aromatic nitrogens is 1. The summed E-state index contributed by atoms with van der Waals surface area (Å²) in [6, 6.07) is 1.83. The second-order valence-electron chi connectivity index (χ2n) is 6.75. The van der Waals surface area contributed by atoms with Gasteiger partial charge >= 0.3 is 5.97 Å². The van der Waals surface area contributed by atoms with Crippen LogP contribution in [0.25, 0.3) is 0 Å². The van der Waals surface area contributed by atoms with Gasteiger partial charge in [-0.05, 0) is 45.7 Å². The van der Waals surface area contributed by atoms with Gasteiger partial charge in [-0.3, -0.25) is 0 Å². The van der Waals surface area contributed by atoms with Crippen molar-refractivity contribution < 1.29 is 18.3 Å². The number of aliphatic carboxylic acids is 1. The maximum Gasteiger partial charge on any atom is 0.326 e. The number of rotatable bonds is 9. The van der Waals surface area contributed by atoms with Crippen LogP contribution in [0.3, 0.4) is 0 Å². The summed E-state index contributed by atoms with van der Waals surface area (Å²) in [5, 5.41) is 12.2. The van der Waals surface area contributed by atoms with Crippen molar-refractivity contribution in [3.63, 3.8) is 0 Å². The van der Waals surface area contributed by atoms with Gasteiger partial charge in [0.25, 0.3) is 0 Å². The number of sulfonamides is 1. The van der Waals surface area contributed by atoms with Gasteiger partial charge in [0.2, 0.25) is 10.0 Å². The Kier molecular flexibility index (Phi) is 7.37. The Morgan fingerprint density at radius 3 is 2.12 bits per heavy atom. The highest BCUT2D eigenvalue weighted by molar-refractivity contribution is 7.89. The van der Waals surface area contributed by atoms with Crippen molar-refractivity contribution in [2.24, 2.45) is 5.92 Å². The number of pyridine rings is 1. The molecule has 0 saturated carbocycles. The Balaban J connectivity index is 3.08. The van der Waals surface area contributed by atoms with Gasteiger partial charge in [-0.25, -0.2) is 18.2 Å². The van der Waals surface area contributed by atoms with Crippen LogP contribution in [0.4, 0.5) is 5.82 Å². The summed E-state index contributed by atoms with van der Waals surface area (Å²) in [6.07, 6.45) is 1.97. The first-order chi connectivity index (χ1) is 11.5. The lowest BCUT2D eigenvalue weighted by molar-refractivity contribution is -0.139. The van der Waals surface area contributed by atoms with Crippen molar-refractivity contribution in [3.05, 3.63) is 18.3 Å². The Labute approximate surface area is 150 Å². The highest BCUT2D eigenvalue weighted by Gasteiger charge is 2.30. The SMILES string of the molecule is CC[C@H](C)[C@H](Nc1ccc(S(=O)(=O)N(C(C)C)C(C)C)cn1)C(=O)O. The molecule has 1 heterocycles. The average molecular weight is 372 g/mol. The largest absolute Gasteiger partial charge is 0.480 e. The molecule has 0 aliphatic rings. The third-order valence-electron chi connectivity index (χ3n) is 4.11. The van der Waals surface area contributed by atoms with E-state index in [1.807, 2.05) is 41.5 Å². The van der Waals surface area contributed by atoms with E-state index in [1.165, 1.54) is 22.6 Å². The quantitative estimate of drug-likeness (QED) is 0.692. The van der Waals surface area contributed by atoms with E-state index < -0.39 is 22.0 Å². The highest BCUT2D eigenvalue weighted by Crippen LogP contribution is 2.22. The minimum atomic E-state index is -3.66. The molecule has 0 radical (unpaired) electrons. The summed E-state index contributed by atoms with van der Waals surface area (Å²) in [7, 11) is -3.66. The molecule has 0 bridgehead atoms. The Bertz CT molecular complexity index is 664. The minimum absolute atomic E-state index is 0.0833. The van der Waals surface area contributed by atoms with Crippen LogP contribution in [-0.2, 0) is 14.8 Å². The molecule has 2 N–H and O–H groups in total. The minimum Gasteiger partial charge on any atom is -0.480 e. The summed E-state index contributed by atoms with van der Waals surface area (Å²) in [6.45, 7) is 11.1. The first-order valence-electron chi connectivity index (χ1n) is 8.51. The van der Waals surface area contributed by atoms with Crippen molar-refractivity contribution in [1.29, 1.82) is 0 Å². The van der Waals surface area contributed by atoms with E-state index >= 15 is 0 Å². The molecule has 1 aromatic heterocycles. The van der Waals surface area contributed by atoms with Crippen LogP contribution in [0, 0.1) is 5.92 Å². The van der Waals surface area contributed by atoms with E-state index in [-0.39, 0.29) is 22.9 Å². The third-order valence-corrected chi connectivity index (χ3v) is 6.35. The van der Waals surface area contributed by atoms with Crippen molar-refractivity contribution in [2.45, 2.75) is 71.0 Å². The molecule has 0 aliphatic carbocycles. The topological polar surface area (TPSA) is 99.6 Å². The maximum absolute atomic E-state index is 12.8. The number of hydrogen-bond acceptors (Lipinski definition) is 5. The normalized spacial score (nSPS) is 14.8. The van der Waals surface area contributed by atoms with E-state index in [4.69, 9.17) is 0 Å². The molecule has 1 rings (SSSR count). The molecule has 142 valence electrons. The molecule has 0 saturated heterocycles. The van der Waals surface area contributed by atoms with Crippen LogP contribution < -0.4 is 5.32 Å². The number of carboxylic acid groups (broad SMARTS) is 1. The molecule has 0 aromatic carbocycles. The van der Waals surface area contributed by atoms with Crippen molar-refractivity contribution >= 4 is 21.8 Å². The number of nitrogens with one attached hydrogen (secondary N) is 1. The monoisotopic (exact) mass is 371 g/mol. The fourth-order valence-corrected chi connectivity index (χ4v) is 4.51. The van der Waals surface area contributed by atoms with Crippen LogP contribution in [-0.4, -0.2) is 46.9 Å². The van der Waals surface area contributed by atoms with E-state index in [1.54, 1.807) is 0 Å². The Morgan fingerprint density at radius 2 is 1.76 bits per heavy atom. The van der Waals surface area contributed by atoms with Gasteiger partial charge in [-0.2, -0.15) is 4.31 Å².